The monoisotopic (exact) mass is 427 g/mol. The van der Waals surface area contributed by atoms with Crippen LogP contribution in [0.5, 0.6) is 11.5 Å². The fourth-order valence-electron chi connectivity index (χ4n) is 2.59. The molecule has 148 valence electrons. The maximum absolute atomic E-state index is 13.4. The van der Waals surface area contributed by atoms with Gasteiger partial charge in [-0.05, 0) is 18.2 Å². The first-order valence-electron chi connectivity index (χ1n) is 8.04. The lowest BCUT2D eigenvalue weighted by Gasteiger charge is -2.13. The zero-order valence-electron chi connectivity index (χ0n) is 14.9. The van der Waals surface area contributed by atoms with E-state index in [9.17, 15) is 13.6 Å². The molecule has 0 aliphatic carbocycles. The van der Waals surface area contributed by atoms with E-state index >= 15 is 0 Å². The molecule has 28 heavy (non-hydrogen) atoms. The minimum absolute atomic E-state index is 0.0612. The molecule has 6 nitrogen and oxygen atoms in total. The van der Waals surface area contributed by atoms with Gasteiger partial charge >= 0.3 is 6.55 Å². The molecule has 0 saturated heterocycles. The highest BCUT2D eigenvalue weighted by atomic mass is 35.5. The number of alkyl halides is 2. The van der Waals surface area contributed by atoms with Gasteiger partial charge in [-0.25, -0.2) is 4.98 Å². The molecule has 3 aromatic rings. The molecule has 3 rings (SSSR count). The van der Waals surface area contributed by atoms with E-state index in [4.69, 9.17) is 21.1 Å². The summed E-state index contributed by atoms with van der Waals surface area (Å²) in [6, 6.07) is 9.61. The summed E-state index contributed by atoms with van der Waals surface area (Å²) >= 11 is 7.00. The van der Waals surface area contributed by atoms with Crippen molar-refractivity contribution in [3.8, 4) is 11.5 Å². The summed E-state index contributed by atoms with van der Waals surface area (Å²) in [5, 5.41) is 3.02. The van der Waals surface area contributed by atoms with Crippen LogP contribution in [0.4, 0.5) is 14.5 Å². The summed E-state index contributed by atoms with van der Waals surface area (Å²) in [6.45, 7) is -2.77. The van der Waals surface area contributed by atoms with Crippen LogP contribution in [0, 0.1) is 0 Å². The number of nitrogens with zero attached hydrogens (tertiary/aromatic N) is 2. The quantitative estimate of drug-likeness (QED) is 0.547. The second kappa shape index (κ2) is 8.66. The van der Waals surface area contributed by atoms with Gasteiger partial charge in [0.15, 0.2) is 5.16 Å². The largest absolute Gasteiger partial charge is 0.495 e. The summed E-state index contributed by atoms with van der Waals surface area (Å²) in [5.41, 5.74) is 1.10. The van der Waals surface area contributed by atoms with Crippen molar-refractivity contribution in [3.63, 3.8) is 0 Å². The van der Waals surface area contributed by atoms with Crippen molar-refractivity contribution in [2.45, 2.75) is 11.7 Å². The van der Waals surface area contributed by atoms with E-state index in [1.165, 1.54) is 20.3 Å². The number of fused-ring (bicyclic) bond motifs is 1. The first-order chi connectivity index (χ1) is 13.4. The van der Waals surface area contributed by atoms with Crippen molar-refractivity contribution in [1.82, 2.24) is 9.55 Å². The van der Waals surface area contributed by atoms with E-state index in [0.29, 0.717) is 33.2 Å². The van der Waals surface area contributed by atoms with Crippen LogP contribution >= 0.6 is 23.4 Å². The van der Waals surface area contributed by atoms with E-state index in [1.54, 1.807) is 30.3 Å². The van der Waals surface area contributed by atoms with Crippen molar-refractivity contribution in [3.05, 3.63) is 41.4 Å². The Kier molecular flexibility index (Phi) is 6.25. The molecule has 0 saturated carbocycles. The Labute approximate surface area is 168 Å². The SMILES string of the molecule is COc1cc(OC)c(NC(=O)CSc2nc3ccccc3n2C(F)F)cc1Cl. The van der Waals surface area contributed by atoms with Crippen molar-refractivity contribution in [2.24, 2.45) is 0 Å². The lowest BCUT2D eigenvalue weighted by Crippen LogP contribution is -2.15. The van der Waals surface area contributed by atoms with Gasteiger partial charge in [0.05, 0.1) is 41.7 Å². The van der Waals surface area contributed by atoms with Gasteiger partial charge in [0, 0.05) is 6.07 Å². The van der Waals surface area contributed by atoms with Crippen molar-refractivity contribution < 1.29 is 23.0 Å². The minimum atomic E-state index is -2.77. The molecule has 0 aliphatic rings. The van der Waals surface area contributed by atoms with Crippen LogP contribution in [0.2, 0.25) is 5.02 Å². The van der Waals surface area contributed by atoms with Crippen LogP contribution in [0.25, 0.3) is 11.0 Å². The maximum atomic E-state index is 13.4. The Bertz CT molecular complexity index is 1010. The number of aromatic nitrogens is 2. The smallest absolute Gasteiger partial charge is 0.321 e. The van der Waals surface area contributed by atoms with E-state index in [1.807, 2.05) is 0 Å². The fraction of sp³-hybridized carbons (Fsp3) is 0.222. The van der Waals surface area contributed by atoms with Crippen LogP contribution in [-0.2, 0) is 4.79 Å². The maximum Gasteiger partial charge on any atom is 0.321 e. The zero-order valence-corrected chi connectivity index (χ0v) is 16.5. The third-order valence-electron chi connectivity index (χ3n) is 3.84. The molecule has 0 atom stereocenters. The van der Waals surface area contributed by atoms with Gasteiger partial charge in [0.25, 0.3) is 0 Å². The average molecular weight is 428 g/mol. The Morgan fingerprint density at radius 2 is 1.96 bits per heavy atom. The molecule has 0 aliphatic heterocycles. The van der Waals surface area contributed by atoms with Gasteiger partial charge in [-0.3, -0.25) is 9.36 Å². The fourth-order valence-corrected chi connectivity index (χ4v) is 3.64. The van der Waals surface area contributed by atoms with Gasteiger partial charge in [-0.1, -0.05) is 35.5 Å². The van der Waals surface area contributed by atoms with E-state index < -0.39 is 12.5 Å². The van der Waals surface area contributed by atoms with Gasteiger partial charge in [-0.2, -0.15) is 8.78 Å². The number of halogens is 3. The molecule has 1 amide bonds. The topological polar surface area (TPSA) is 65.4 Å². The first kappa shape index (κ1) is 20.2. The molecule has 1 aromatic heterocycles. The number of benzene rings is 2. The number of thioether (sulfide) groups is 1. The van der Waals surface area contributed by atoms with Gasteiger partial charge in [0.2, 0.25) is 5.91 Å². The Morgan fingerprint density at radius 3 is 2.64 bits per heavy atom. The second-order valence-electron chi connectivity index (χ2n) is 5.55. The average Bonchev–Trinajstić information content (AvgIpc) is 3.05. The molecule has 0 unspecified atom stereocenters. The van der Waals surface area contributed by atoms with Crippen LogP contribution in [0.1, 0.15) is 6.55 Å². The number of anilines is 1. The number of hydrogen-bond donors (Lipinski definition) is 1. The summed E-state index contributed by atoms with van der Waals surface area (Å²) in [6.07, 6.45) is 0. The number of para-hydroxylation sites is 2. The second-order valence-corrected chi connectivity index (χ2v) is 6.90. The van der Waals surface area contributed by atoms with Gasteiger partial charge in [-0.15, -0.1) is 0 Å². The van der Waals surface area contributed by atoms with Crippen molar-refractivity contribution in [2.75, 3.05) is 25.3 Å². The van der Waals surface area contributed by atoms with Crippen LogP contribution in [-0.4, -0.2) is 35.4 Å². The number of methoxy groups -OCH3 is 2. The molecule has 10 heteroatoms. The molecule has 0 radical (unpaired) electrons. The molecular weight excluding hydrogens is 412 g/mol. The number of carbonyl (C=O) groups is 1. The molecule has 0 spiro atoms. The summed E-state index contributed by atoms with van der Waals surface area (Å²) in [7, 11) is 2.91. The number of amides is 1. The normalized spacial score (nSPS) is 11.1. The number of ether oxygens (including phenoxy) is 2. The lowest BCUT2D eigenvalue weighted by atomic mass is 10.2. The van der Waals surface area contributed by atoms with E-state index in [0.717, 1.165) is 16.3 Å². The molecular formula is C18H16ClF2N3O3S. The molecule has 0 bridgehead atoms. The van der Waals surface area contributed by atoms with Gasteiger partial charge < -0.3 is 14.8 Å². The highest BCUT2D eigenvalue weighted by Gasteiger charge is 2.19. The highest BCUT2D eigenvalue weighted by Crippen LogP contribution is 2.36. The van der Waals surface area contributed by atoms with Crippen LogP contribution in [0.3, 0.4) is 0 Å². The summed E-state index contributed by atoms with van der Waals surface area (Å²) in [5.74, 6) is 0.219. The molecule has 1 N–H and O–H groups in total. The lowest BCUT2D eigenvalue weighted by molar-refractivity contribution is -0.113. The Morgan fingerprint density at radius 1 is 1.25 bits per heavy atom. The first-order valence-corrected chi connectivity index (χ1v) is 9.40. The Hall–Kier alpha value is -2.52. The zero-order chi connectivity index (χ0) is 20.3. The van der Waals surface area contributed by atoms with Gasteiger partial charge in [0.1, 0.15) is 11.5 Å². The molecule has 1 heterocycles. The molecule has 2 aromatic carbocycles. The number of rotatable bonds is 7. The number of carbonyl (C=O) groups excluding carboxylic acids is 1. The van der Waals surface area contributed by atoms with Crippen molar-refractivity contribution in [1.29, 1.82) is 0 Å². The Balaban J connectivity index is 1.76. The number of hydrogen-bond acceptors (Lipinski definition) is 5. The van der Waals surface area contributed by atoms with E-state index in [-0.39, 0.29) is 10.9 Å². The predicted octanol–water partition coefficient (Wildman–Crippen LogP) is 4.83. The third-order valence-corrected chi connectivity index (χ3v) is 5.09. The predicted molar refractivity (Wildman–Crippen MR) is 105 cm³/mol. The molecule has 0 fully saturated rings. The van der Waals surface area contributed by atoms with Crippen LogP contribution in [0.15, 0.2) is 41.6 Å². The van der Waals surface area contributed by atoms with E-state index in [2.05, 4.69) is 10.3 Å². The summed E-state index contributed by atoms with van der Waals surface area (Å²) in [4.78, 5) is 16.5. The number of imidazole rings is 1. The van der Waals surface area contributed by atoms with Crippen molar-refractivity contribution >= 4 is 46.0 Å². The third kappa shape index (κ3) is 4.15. The van der Waals surface area contributed by atoms with Crippen LogP contribution < -0.4 is 14.8 Å². The number of nitrogens with one attached hydrogen (secondary N) is 1. The highest BCUT2D eigenvalue weighted by molar-refractivity contribution is 7.99. The standard InChI is InChI=1S/C18H16ClF2N3O3S/c1-26-14-8-15(27-2)12(7-10(14)19)22-16(25)9-28-18-23-11-5-3-4-6-13(11)24(18)17(20)21/h3-8,17H,9H2,1-2H3,(H,22,25). The minimum Gasteiger partial charge on any atom is -0.495 e. The summed E-state index contributed by atoms with van der Waals surface area (Å²) < 4.78 is 38.0.